The summed E-state index contributed by atoms with van der Waals surface area (Å²) in [5, 5.41) is 2.16. The zero-order valence-corrected chi connectivity index (χ0v) is 12.6. The van der Waals surface area contributed by atoms with Crippen molar-refractivity contribution in [1.82, 2.24) is 0 Å². The summed E-state index contributed by atoms with van der Waals surface area (Å²) in [4.78, 5) is 5.86. The van der Waals surface area contributed by atoms with Crippen LogP contribution in [0.1, 0.15) is 12.8 Å². The van der Waals surface area contributed by atoms with Gasteiger partial charge in [0.25, 0.3) is 0 Å². The first-order valence-electron chi connectivity index (χ1n) is 7.09. The van der Waals surface area contributed by atoms with Gasteiger partial charge in [-0.3, -0.25) is 0 Å². The lowest BCUT2D eigenvalue weighted by Gasteiger charge is -2.18. The summed E-state index contributed by atoms with van der Waals surface area (Å²) < 4.78 is 5.75. The third-order valence-electron chi connectivity index (χ3n) is 3.17. The first-order chi connectivity index (χ1) is 10.4. The van der Waals surface area contributed by atoms with Gasteiger partial charge in [-0.25, -0.2) is 4.99 Å². The smallest absolute Gasteiger partial charge is 0.217 e. The van der Waals surface area contributed by atoms with E-state index in [4.69, 9.17) is 4.74 Å². The van der Waals surface area contributed by atoms with Gasteiger partial charge in [0.15, 0.2) is 0 Å². The molecule has 1 fully saturated rings. The van der Waals surface area contributed by atoms with Crippen LogP contribution in [0.5, 0.6) is 0 Å². The van der Waals surface area contributed by atoms with Crippen LogP contribution >= 0.6 is 11.8 Å². The van der Waals surface area contributed by atoms with Crippen molar-refractivity contribution in [3.05, 3.63) is 71.6 Å². The fraction of sp³-hybridized carbons (Fsp3) is 0.167. The van der Waals surface area contributed by atoms with Gasteiger partial charge >= 0.3 is 0 Å². The second kappa shape index (κ2) is 7.14. The first-order valence-corrected chi connectivity index (χ1v) is 7.97. The molecular weight excluding hydrogens is 278 g/mol. The Morgan fingerprint density at radius 3 is 2.43 bits per heavy atom. The molecule has 2 nitrogen and oxygen atoms in total. The van der Waals surface area contributed by atoms with E-state index in [0.717, 1.165) is 31.0 Å². The van der Waals surface area contributed by atoms with Crippen LogP contribution in [0.25, 0.3) is 0 Å². The Hall–Kier alpha value is -2.00. The molecular formula is C18H17NOS. The predicted octanol–water partition coefficient (Wildman–Crippen LogP) is 5.20. The second-order valence-electron chi connectivity index (χ2n) is 4.78. The molecule has 0 N–H and O–H groups in total. The summed E-state index contributed by atoms with van der Waals surface area (Å²) in [5.74, 6) is 0.760. The van der Waals surface area contributed by atoms with E-state index in [1.807, 2.05) is 36.4 Å². The van der Waals surface area contributed by atoms with Crippen LogP contribution in [0.4, 0.5) is 5.69 Å². The largest absolute Gasteiger partial charge is 0.477 e. The Kier molecular flexibility index (Phi) is 4.74. The molecule has 3 heteroatoms. The normalized spacial score (nSPS) is 18.7. The highest BCUT2D eigenvalue weighted by Gasteiger charge is 2.14. The molecule has 1 saturated heterocycles. The van der Waals surface area contributed by atoms with Crippen molar-refractivity contribution in [2.45, 2.75) is 17.7 Å². The molecule has 3 rings (SSSR count). The third-order valence-corrected chi connectivity index (χ3v) is 4.12. The average molecular weight is 295 g/mol. The molecule has 0 aliphatic carbocycles. The molecule has 21 heavy (non-hydrogen) atoms. The number of hydrogen-bond acceptors (Lipinski definition) is 3. The van der Waals surface area contributed by atoms with E-state index in [1.54, 1.807) is 11.8 Å². The fourth-order valence-corrected chi connectivity index (χ4v) is 2.91. The summed E-state index contributed by atoms with van der Waals surface area (Å²) in [7, 11) is 0. The van der Waals surface area contributed by atoms with Crippen molar-refractivity contribution in [2.75, 3.05) is 6.61 Å². The number of para-hydroxylation sites is 1. The molecule has 2 aromatic carbocycles. The lowest BCUT2D eigenvalue weighted by molar-refractivity contribution is 0.281. The molecule has 1 aliphatic rings. The maximum absolute atomic E-state index is 5.75. The molecule has 0 atom stereocenters. The number of hydrogen-bond donors (Lipinski definition) is 0. The highest BCUT2D eigenvalue weighted by atomic mass is 32.2. The Labute approximate surface area is 129 Å². The topological polar surface area (TPSA) is 21.6 Å². The van der Waals surface area contributed by atoms with Gasteiger partial charge < -0.3 is 4.74 Å². The summed E-state index contributed by atoms with van der Waals surface area (Å²) in [6.07, 6.45) is 2.07. The van der Waals surface area contributed by atoms with Crippen molar-refractivity contribution >= 4 is 23.3 Å². The van der Waals surface area contributed by atoms with Gasteiger partial charge in [-0.2, -0.15) is 0 Å². The molecule has 0 bridgehead atoms. The highest BCUT2D eigenvalue weighted by Crippen LogP contribution is 2.26. The van der Waals surface area contributed by atoms with Crippen LogP contribution in [0.2, 0.25) is 0 Å². The van der Waals surface area contributed by atoms with E-state index >= 15 is 0 Å². The molecule has 1 aliphatic heterocycles. The minimum atomic E-state index is 0.749. The molecule has 0 amide bonds. The standard InChI is InChI=1S/C18H17NOS/c1-3-9-16(10-4-1)19-18-15(8-7-13-20-18)14-21-17-11-5-2-6-12-17/h1-6,9-12,14H,7-8,13H2/b15-14+,19-18?. The number of ether oxygens (including phenoxy) is 1. The van der Waals surface area contributed by atoms with Crippen LogP contribution in [0, 0.1) is 0 Å². The summed E-state index contributed by atoms with van der Waals surface area (Å²) in [6, 6.07) is 20.3. The molecule has 0 unspecified atom stereocenters. The van der Waals surface area contributed by atoms with Gasteiger partial charge in [0.05, 0.1) is 12.3 Å². The lowest BCUT2D eigenvalue weighted by Crippen LogP contribution is -2.15. The van der Waals surface area contributed by atoms with Gasteiger partial charge in [0.2, 0.25) is 5.90 Å². The van der Waals surface area contributed by atoms with E-state index in [2.05, 4.69) is 34.7 Å². The fourth-order valence-electron chi connectivity index (χ4n) is 2.10. The van der Waals surface area contributed by atoms with Crippen molar-refractivity contribution < 1.29 is 4.74 Å². The van der Waals surface area contributed by atoms with Crippen LogP contribution in [-0.2, 0) is 4.74 Å². The maximum atomic E-state index is 5.75. The van der Waals surface area contributed by atoms with Crippen LogP contribution in [0.15, 0.2) is 81.5 Å². The van der Waals surface area contributed by atoms with Gasteiger partial charge in [-0.05, 0) is 42.5 Å². The summed E-state index contributed by atoms with van der Waals surface area (Å²) >= 11 is 1.72. The quantitative estimate of drug-likeness (QED) is 0.726. The molecule has 0 spiro atoms. The third kappa shape index (κ3) is 3.99. The number of rotatable bonds is 3. The zero-order chi connectivity index (χ0) is 14.3. The van der Waals surface area contributed by atoms with E-state index in [0.29, 0.717) is 0 Å². The van der Waals surface area contributed by atoms with E-state index in [-0.39, 0.29) is 0 Å². The van der Waals surface area contributed by atoms with Crippen molar-refractivity contribution in [2.24, 2.45) is 4.99 Å². The molecule has 0 radical (unpaired) electrons. The van der Waals surface area contributed by atoms with Gasteiger partial charge in [0.1, 0.15) is 0 Å². The lowest BCUT2D eigenvalue weighted by atomic mass is 10.1. The van der Waals surface area contributed by atoms with Gasteiger partial charge in [-0.1, -0.05) is 48.2 Å². The van der Waals surface area contributed by atoms with Crippen LogP contribution in [0.3, 0.4) is 0 Å². The van der Waals surface area contributed by atoms with Crippen molar-refractivity contribution in [3.8, 4) is 0 Å². The first kappa shape index (κ1) is 14.0. The van der Waals surface area contributed by atoms with E-state index in [9.17, 15) is 0 Å². The van der Waals surface area contributed by atoms with Crippen LogP contribution in [-0.4, -0.2) is 12.5 Å². The Balaban J connectivity index is 1.80. The number of thioether (sulfide) groups is 1. The average Bonchev–Trinajstić information content (AvgIpc) is 2.56. The number of aliphatic imine (C=N–C) groups is 1. The van der Waals surface area contributed by atoms with E-state index < -0.39 is 0 Å². The maximum Gasteiger partial charge on any atom is 0.217 e. The van der Waals surface area contributed by atoms with E-state index in [1.165, 1.54) is 10.5 Å². The molecule has 1 heterocycles. The van der Waals surface area contributed by atoms with Crippen molar-refractivity contribution in [1.29, 1.82) is 0 Å². The zero-order valence-electron chi connectivity index (χ0n) is 11.7. The predicted molar refractivity (Wildman–Crippen MR) is 89.1 cm³/mol. The summed E-state index contributed by atoms with van der Waals surface area (Å²) in [5.41, 5.74) is 2.11. The van der Waals surface area contributed by atoms with Gasteiger partial charge in [0, 0.05) is 10.5 Å². The van der Waals surface area contributed by atoms with Gasteiger partial charge in [-0.15, -0.1) is 0 Å². The molecule has 106 valence electrons. The second-order valence-corrected chi connectivity index (χ2v) is 5.72. The SMILES string of the molecule is C(/Sc1ccccc1)=C1/CCCOC1=Nc1ccccc1. The molecule has 0 aromatic heterocycles. The summed E-state index contributed by atoms with van der Waals surface area (Å²) in [6.45, 7) is 0.749. The Morgan fingerprint density at radius 1 is 0.952 bits per heavy atom. The Bertz CT molecular complexity index is 635. The number of nitrogens with zero attached hydrogens (tertiary/aromatic N) is 1. The Morgan fingerprint density at radius 2 is 1.67 bits per heavy atom. The molecule has 0 saturated carbocycles. The number of benzene rings is 2. The van der Waals surface area contributed by atoms with Crippen LogP contribution < -0.4 is 0 Å². The minimum absolute atomic E-state index is 0.749. The van der Waals surface area contributed by atoms with Crippen molar-refractivity contribution in [3.63, 3.8) is 0 Å². The minimum Gasteiger partial charge on any atom is -0.477 e. The monoisotopic (exact) mass is 295 g/mol. The molecule has 2 aromatic rings. The highest BCUT2D eigenvalue weighted by molar-refractivity contribution is 8.02.